The molecule has 0 atom stereocenters. The second-order valence-corrected chi connectivity index (χ2v) is 14.5. The van der Waals surface area contributed by atoms with E-state index in [9.17, 15) is 0 Å². The van der Waals surface area contributed by atoms with Crippen LogP contribution >= 0.6 is 22.7 Å². The molecule has 0 spiro atoms. The first kappa shape index (κ1) is 29.0. The Hall–Kier alpha value is -6.01. The number of aromatic nitrogens is 3. The number of nitrogens with zero attached hydrogens (tertiary/aromatic N) is 3. The van der Waals surface area contributed by atoms with E-state index in [-0.39, 0.29) is 0 Å². The minimum absolute atomic E-state index is 0.655. The maximum atomic E-state index is 5.30. The molecule has 0 aliphatic heterocycles. The summed E-state index contributed by atoms with van der Waals surface area (Å²) in [6.07, 6.45) is 0. The third-order valence-corrected chi connectivity index (χ3v) is 11.8. The zero-order chi connectivity index (χ0) is 33.0. The Morgan fingerprint density at radius 2 is 0.720 bits per heavy atom. The van der Waals surface area contributed by atoms with Crippen molar-refractivity contribution in [1.82, 2.24) is 15.0 Å². The highest BCUT2D eigenvalue weighted by molar-refractivity contribution is 7.26. The van der Waals surface area contributed by atoms with Gasteiger partial charge in [0.1, 0.15) is 0 Å². The largest absolute Gasteiger partial charge is 0.208 e. The minimum atomic E-state index is 0.655. The van der Waals surface area contributed by atoms with E-state index in [0.717, 1.165) is 27.8 Å². The first-order chi connectivity index (χ1) is 24.8. The summed E-state index contributed by atoms with van der Waals surface area (Å²) in [6.45, 7) is 0. The molecule has 3 nitrogen and oxygen atoms in total. The smallest absolute Gasteiger partial charge is 0.165 e. The summed E-state index contributed by atoms with van der Waals surface area (Å²) in [5, 5.41) is 4.94. The molecule has 10 rings (SSSR count). The zero-order valence-corrected chi connectivity index (χ0v) is 28.4. The normalized spacial score (nSPS) is 11.6. The molecule has 50 heavy (non-hydrogen) atoms. The quantitative estimate of drug-likeness (QED) is 0.182. The lowest BCUT2D eigenvalue weighted by Crippen LogP contribution is -2.01. The molecule has 0 saturated carbocycles. The fourth-order valence-corrected chi connectivity index (χ4v) is 9.43. The Bertz CT molecular complexity index is 2750. The third kappa shape index (κ3) is 4.82. The van der Waals surface area contributed by atoms with Crippen molar-refractivity contribution in [3.8, 4) is 56.4 Å². The van der Waals surface area contributed by atoms with Crippen molar-refractivity contribution >= 4 is 63.0 Å². The summed E-state index contributed by atoms with van der Waals surface area (Å²) in [6, 6.07) is 57.8. The van der Waals surface area contributed by atoms with Gasteiger partial charge in [-0.05, 0) is 52.6 Å². The van der Waals surface area contributed by atoms with E-state index >= 15 is 0 Å². The Morgan fingerprint density at radius 3 is 1.34 bits per heavy atom. The van der Waals surface area contributed by atoms with E-state index in [1.165, 1.54) is 51.5 Å². The van der Waals surface area contributed by atoms with Crippen LogP contribution in [-0.2, 0) is 0 Å². The van der Waals surface area contributed by atoms with Crippen molar-refractivity contribution in [2.24, 2.45) is 0 Å². The van der Waals surface area contributed by atoms with Gasteiger partial charge in [-0.1, -0.05) is 133 Å². The number of hydrogen-bond acceptors (Lipinski definition) is 5. The van der Waals surface area contributed by atoms with Crippen LogP contribution in [0.15, 0.2) is 164 Å². The number of rotatable bonds is 5. The van der Waals surface area contributed by atoms with E-state index in [1.807, 2.05) is 0 Å². The third-order valence-electron chi connectivity index (χ3n) is 9.37. The lowest BCUT2D eigenvalue weighted by Gasteiger charge is -2.13. The van der Waals surface area contributed by atoms with Gasteiger partial charge >= 0.3 is 0 Å². The first-order valence-corrected chi connectivity index (χ1v) is 18.2. The number of hydrogen-bond donors (Lipinski definition) is 0. The van der Waals surface area contributed by atoms with Crippen molar-refractivity contribution in [3.63, 3.8) is 0 Å². The summed E-state index contributed by atoms with van der Waals surface area (Å²) in [5.74, 6) is 2.00. The minimum Gasteiger partial charge on any atom is -0.208 e. The van der Waals surface area contributed by atoms with Gasteiger partial charge in [0.2, 0.25) is 0 Å². The van der Waals surface area contributed by atoms with Gasteiger partial charge in [-0.2, -0.15) is 0 Å². The summed E-state index contributed by atoms with van der Waals surface area (Å²) in [7, 11) is 0. The lowest BCUT2D eigenvalue weighted by atomic mass is 9.95. The van der Waals surface area contributed by atoms with Crippen LogP contribution in [0.1, 0.15) is 0 Å². The van der Waals surface area contributed by atoms with E-state index in [2.05, 4.69) is 164 Å². The van der Waals surface area contributed by atoms with Gasteiger partial charge < -0.3 is 0 Å². The van der Waals surface area contributed by atoms with Gasteiger partial charge in [0, 0.05) is 57.0 Å². The van der Waals surface area contributed by atoms with Crippen LogP contribution in [0.4, 0.5) is 0 Å². The highest BCUT2D eigenvalue weighted by atomic mass is 32.1. The van der Waals surface area contributed by atoms with Crippen LogP contribution in [0.5, 0.6) is 0 Å². The molecule has 0 aliphatic rings. The van der Waals surface area contributed by atoms with E-state index in [0.29, 0.717) is 17.5 Å². The molecular formula is C45H27N3S2. The van der Waals surface area contributed by atoms with Crippen molar-refractivity contribution in [2.45, 2.75) is 0 Å². The van der Waals surface area contributed by atoms with E-state index in [4.69, 9.17) is 15.0 Å². The number of fused-ring (bicyclic) bond motifs is 6. The highest BCUT2D eigenvalue weighted by Crippen LogP contribution is 2.42. The second-order valence-electron chi connectivity index (χ2n) is 12.4. The van der Waals surface area contributed by atoms with Gasteiger partial charge in [-0.15, -0.1) is 22.7 Å². The maximum absolute atomic E-state index is 5.30. The van der Waals surface area contributed by atoms with Gasteiger partial charge in [0.05, 0.1) is 0 Å². The van der Waals surface area contributed by atoms with Gasteiger partial charge in [-0.3, -0.25) is 0 Å². The lowest BCUT2D eigenvalue weighted by molar-refractivity contribution is 1.08. The summed E-state index contributed by atoms with van der Waals surface area (Å²) >= 11 is 3.59. The number of benzene rings is 7. The predicted molar refractivity (Wildman–Crippen MR) is 213 cm³/mol. The molecule has 0 amide bonds. The van der Waals surface area contributed by atoms with Crippen molar-refractivity contribution in [3.05, 3.63) is 164 Å². The van der Waals surface area contributed by atoms with Crippen molar-refractivity contribution in [1.29, 1.82) is 0 Å². The van der Waals surface area contributed by atoms with Crippen LogP contribution in [0.25, 0.3) is 96.8 Å². The first-order valence-electron chi connectivity index (χ1n) is 16.6. The van der Waals surface area contributed by atoms with Crippen LogP contribution in [0.2, 0.25) is 0 Å². The molecule has 0 aliphatic carbocycles. The molecule has 3 aromatic heterocycles. The zero-order valence-electron chi connectivity index (χ0n) is 26.7. The van der Waals surface area contributed by atoms with Crippen LogP contribution < -0.4 is 0 Å². The average Bonchev–Trinajstić information content (AvgIpc) is 3.77. The molecule has 234 valence electrons. The maximum Gasteiger partial charge on any atom is 0.165 e. The molecule has 7 aromatic carbocycles. The van der Waals surface area contributed by atoms with Crippen molar-refractivity contribution in [2.75, 3.05) is 0 Å². The average molecular weight is 674 g/mol. The van der Waals surface area contributed by atoms with Gasteiger partial charge in [0.25, 0.3) is 0 Å². The molecule has 0 bridgehead atoms. The summed E-state index contributed by atoms with van der Waals surface area (Å²) < 4.78 is 4.87. The standard InChI is InChI=1S/C45H27N3S2/c1-2-13-28(14-3-1)29-15-10-16-30(27-29)31-17-4-5-20-36(31)43-46-44(37-23-11-21-34-32-18-6-8-25-39(32)49-41(34)37)48-45(47-43)38-24-12-22-35-33-19-7-9-26-40(33)50-42(35)38/h1-27H. The molecule has 5 heteroatoms. The van der Waals surface area contributed by atoms with Gasteiger partial charge in [-0.25, -0.2) is 15.0 Å². The molecule has 0 unspecified atom stereocenters. The van der Waals surface area contributed by atoms with Crippen LogP contribution in [0.3, 0.4) is 0 Å². The second kappa shape index (κ2) is 11.8. The SMILES string of the molecule is c1ccc(-c2cccc(-c3ccccc3-c3nc(-c4cccc5c4sc4ccccc45)nc(-c4cccc5c4sc4ccccc45)n3)c2)cc1. The fourth-order valence-electron chi connectivity index (χ4n) is 7.01. The molecule has 0 radical (unpaired) electrons. The Morgan fingerprint density at radius 1 is 0.300 bits per heavy atom. The Labute approximate surface area is 296 Å². The highest BCUT2D eigenvalue weighted by Gasteiger charge is 2.20. The van der Waals surface area contributed by atoms with Crippen LogP contribution in [0, 0.1) is 0 Å². The predicted octanol–water partition coefficient (Wildman–Crippen LogP) is 12.9. The van der Waals surface area contributed by atoms with Gasteiger partial charge in [0.15, 0.2) is 17.5 Å². The molecule has 10 aromatic rings. The van der Waals surface area contributed by atoms with Crippen molar-refractivity contribution < 1.29 is 0 Å². The fraction of sp³-hybridized carbons (Fsp3) is 0. The Balaban J connectivity index is 1.23. The molecule has 0 fully saturated rings. The monoisotopic (exact) mass is 673 g/mol. The molecule has 0 saturated heterocycles. The Kier molecular flexibility index (Phi) is 6.86. The van der Waals surface area contributed by atoms with Crippen LogP contribution in [-0.4, -0.2) is 15.0 Å². The molecular weight excluding hydrogens is 647 g/mol. The molecule has 0 N–H and O–H groups in total. The molecule has 3 heterocycles. The van der Waals surface area contributed by atoms with E-state index in [1.54, 1.807) is 22.7 Å². The summed E-state index contributed by atoms with van der Waals surface area (Å²) in [5.41, 5.74) is 7.54. The van der Waals surface area contributed by atoms with E-state index < -0.39 is 0 Å². The number of thiophene rings is 2. The topological polar surface area (TPSA) is 38.7 Å². The summed E-state index contributed by atoms with van der Waals surface area (Å²) in [4.78, 5) is 15.9.